The second-order valence-electron chi connectivity index (χ2n) is 4.65. The first kappa shape index (κ1) is 12.8. The van der Waals surface area contributed by atoms with Crippen molar-refractivity contribution in [2.45, 2.75) is 46.3 Å². The molecule has 0 amide bonds. The summed E-state index contributed by atoms with van der Waals surface area (Å²) in [6, 6.07) is 2.51. The molecule has 2 aromatic heterocycles. The van der Waals surface area contributed by atoms with Crippen LogP contribution in [0.5, 0.6) is 0 Å². The molecule has 18 heavy (non-hydrogen) atoms. The topological polar surface area (TPSA) is 55.9 Å². The Morgan fingerprint density at radius 3 is 2.72 bits per heavy atom. The molecule has 5 nitrogen and oxygen atoms in total. The van der Waals surface area contributed by atoms with E-state index in [1.54, 1.807) is 6.20 Å². The van der Waals surface area contributed by atoms with Crippen LogP contribution in [-0.2, 0) is 6.54 Å². The SMILES string of the molecule is Cc1nc(CNC(C)C(C)n2cccn2)oc1C. The van der Waals surface area contributed by atoms with Gasteiger partial charge in [0, 0.05) is 18.4 Å². The third-order valence-electron chi connectivity index (χ3n) is 3.31. The summed E-state index contributed by atoms with van der Waals surface area (Å²) in [5.74, 6) is 1.63. The Hall–Kier alpha value is -1.62. The molecule has 98 valence electrons. The molecule has 2 heterocycles. The molecular weight excluding hydrogens is 228 g/mol. The number of hydrogen-bond donors (Lipinski definition) is 1. The number of aryl methyl sites for hydroxylation is 2. The van der Waals surface area contributed by atoms with Gasteiger partial charge in [0.05, 0.1) is 18.3 Å². The van der Waals surface area contributed by atoms with E-state index in [1.807, 2.05) is 30.8 Å². The zero-order chi connectivity index (χ0) is 13.1. The standard InChI is InChI=1S/C13H20N4O/c1-9(11(3)17-7-5-6-15-17)14-8-13-16-10(2)12(4)18-13/h5-7,9,11,14H,8H2,1-4H3. The highest BCUT2D eigenvalue weighted by molar-refractivity contribution is 5.05. The Balaban J connectivity index is 1.90. The van der Waals surface area contributed by atoms with Gasteiger partial charge in [-0.05, 0) is 33.8 Å². The molecule has 2 atom stereocenters. The van der Waals surface area contributed by atoms with E-state index in [9.17, 15) is 0 Å². The predicted octanol–water partition coefficient (Wildman–Crippen LogP) is 2.23. The van der Waals surface area contributed by atoms with Crippen LogP contribution in [0.3, 0.4) is 0 Å². The summed E-state index contributed by atoms with van der Waals surface area (Å²) < 4.78 is 7.49. The zero-order valence-corrected chi connectivity index (χ0v) is 11.3. The second kappa shape index (κ2) is 5.35. The highest BCUT2D eigenvalue weighted by Gasteiger charge is 2.14. The van der Waals surface area contributed by atoms with E-state index >= 15 is 0 Å². The average Bonchev–Trinajstić information content (AvgIpc) is 2.96. The van der Waals surface area contributed by atoms with Crippen LogP contribution in [0.2, 0.25) is 0 Å². The lowest BCUT2D eigenvalue weighted by atomic mass is 10.2. The minimum Gasteiger partial charge on any atom is -0.444 e. The van der Waals surface area contributed by atoms with Crippen molar-refractivity contribution in [1.29, 1.82) is 0 Å². The van der Waals surface area contributed by atoms with Crippen molar-refractivity contribution in [1.82, 2.24) is 20.1 Å². The van der Waals surface area contributed by atoms with Gasteiger partial charge < -0.3 is 9.73 Å². The fourth-order valence-corrected chi connectivity index (χ4v) is 1.78. The van der Waals surface area contributed by atoms with Gasteiger partial charge in [0.1, 0.15) is 5.76 Å². The fraction of sp³-hybridized carbons (Fsp3) is 0.538. The lowest BCUT2D eigenvalue weighted by molar-refractivity contribution is 0.345. The molecule has 2 aromatic rings. The molecule has 2 rings (SSSR count). The number of hydrogen-bond acceptors (Lipinski definition) is 4. The maximum Gasteiger partial charge on any atom is 0.208 e. The Morgan fingerprint density at radius 1 is 1.39 bits per heavy atom. The third kappa shape index (κ3) is 2.79. The molecule has 0 fully saturated rings. The number of oxazole rings is 1. The molecule has 5 heteroatoms. The van der Waals surface area contributed by atoms with Crippen LogP contribution in [0.4, 0.5) is 0 Å². The molecule has 0 bridgehead atoms. The van der Waals surface area contributed by atoms with Crippen molar-refractivity contribution in [2.24, 2.45) is 0 Å². The van der Waals surface area contributed by atoms with Gasteiger partial charge >= 0.3 is 0 Å². The maximum absolute atomic E-state index is 5.54. The summed E-state index contributed by atoms with van der Waals surface area (Å²) >= 11 is 0. The van der Waals surface area contributed by atoms with E-state index in [0.29, 0.717) is 6.54 Å². The highest BCUT2D eigenvalue weighted by Crippen LogP contribution is 2.11. The van der Waals surface area contributed by atoms with E-state index in [4.69, 9.17) is 4.42 Å². The van der Waals surface area contributed by atoms with Crippen LogP contribution in [-0.4, -0.2) is 20.8 Å². The van der Waals surface area contributed by atoms with Crippen LogP contribution in [0.25, 0.3) is 0 Å². The predicted molar refractivity (Wildman–Crippen MR) is 69.2 cm³/mol. The van der Waals surface area contributed by atoms with Crippen molar-refractivity contribution in [3.63, 3.8) is 0 Å². The van der Waals surface area contributed by atoms with Crippen molar-refractivity contribution >= 4 is 0 Å². The van der Waals surface area contributed by atoms with Crippen LogP contribution in [0.15, 0.2) is 22.9 Å². The smallest absolute Gasteiger partial charge is 0.208 e. The van der Waals surface area contributed by atoms with Crippen molar-refractivity contribution in [3.05, 3.63) is 35.8 Å². The van der Waals surface area contributed by atoms with Gasteiger partial charge in [-0.2, -0.15) is 5.10 Å². The van der Waals surface area contributed by atoms with E-state index in [2.05, 4.69) is 29.2 Å². The Morgan fingerprint density at radius 2 is 2.17 bits per heavy atom. The molecule has 2 unspecified atom stereocenters. The van der Waals surface area contributed by atoms with Crippen LogP contribution in [0, 0.1) is 13.8 Å². The Labute approximate surface area is 107 Å². The van der Waals surface area contributed by atoms with Crippen LogP contribution >= 0.6 is 0 Å². The van der Waals surface area contributed by atoms with Crippen molar-refractivity contribution in [2.75, 3.05) is 0 Å². The van der Waals surface area contributed by atoms with Crippen molar-refractivity contribution in [3.8, 4) is 0 Å². The lowest BCUT2D eigenvalue weighted by Crippen LogP contribution is -2.33. The first-order valence-electron chi connectivity index (χ1n) is 6.23. The van der Waals surface area contributed by atoms with Crippen LogP contribution in [0.1, 0.15) is 37.2 Å². The molecule has 0 saturated carbocycles. The monoisotopic (exact) mass is 248 g/mol. The van der Waals surface area contributed by atoms with Gasteiger partial charge in [-0.3, -0.25) is 4.68 Å². The largest absolute Gasteiger partial charge is 0.444 e. The number of nitrogens with zero attached hydrogens (tertiary/aromatic N) is 3. The molecule has 0 aliphatic rings. The first-order valence-corrected chi connectivity index (χ1v) is 6.23. The van der Waals surface area contributed by atoms with Gasteiger partial charge in [0.15, 0.2) is 0 Å². The first-order chi connectivity index (χ1) is 8.58. The van der Waals surface area contributed by atoms with E-state index < -0.39 is 0 Å². The summed E-state index contributed by atoms with van der Waals surface area (Å²) in [6.07, 6.45) is 3.77. The maximum atomic E-state index is 5.54. The molecule has 0 aromatic carbocycles. The zero-order valence-electron chi connectivity index (χ0n) is 11.3. The molecule has 0 spiro atoms. The molecule has 0 saturated heterocycles. The highest BCUT2D eigenvalue weighted by atomic mass is 16.4. The summed E-state index contributed by atoms with van der Waals surface area (Å²) in [5, 5.41) is 7.66. The third-order valence-corrected chi connectivity index (χ3v) is 3.31. The summed E-state index contributed by atoms with van der Waals surface area (Å²) in [4.78, 5) is 4.35. The molecular formula is C13H20N4O. The van der Waals surface area contributed by atoms with Crippen molar-refractivity contribution < 1.29 is 4.42 Å². The number of rotatable bonds is 5. The van der Waals surface area contributed by atoms with Gasteiger partial charge in [-0.25, -0.2) is 4.98 Å². The normalized spacial score (nSPS) is 14.7. The van der Waals surface area contributed by atoms with Gasteiger partial charge in [0.25, 0.3) is 0 Å². The Kier molecular flexibility index (Phi) is 3.81. The van der Waals surface area contributed by atoms with Crippen LogP contribution < -0.4 is 5.32 Å². The molecule has 0 radical (unpaired) electrons. The number of nitrogens with one attached hydrogen (secondary N) is 1. The minimum atomic E-state index is 0.289. The molecule has 0 aliphatic heterocycles. The van der Waals surface area contributed by atoms with E-state index in [1.165, 1.54) is 0 Å². The number of aromatic nitrogens is 3. The average molecular weight is 248 g/mol. The minimum absolute atomic E-state index is 0.289. The Bertz CT molecular complexity index is 470. The van der Waals surface area contributed by atoms with Gasteiger partial charge in [-0.15, -0.1) is 0 Å². The van der Waals surface area contributed by atoms with Gasteiger partial charge in [-0.1, -0.05) is 0 Å². The second-order valence-corrected chi connectivity index (χ2v) is 4.65. The molecule has 1 N–H and O–H groups in total. The lowest BCUT2D eigenvalue weighted by Gasteiger charge is -2.21. The quantitative estimate of drug-likeness (QED) is 0.881. The van der Waals surface area contributed by atoms with E-state index in [-0.39, 0.29) is 12.1 Å². The van der Waals surface area contributed by atoms with E-state index in [0.717, 1.165) is 17.3 Å². The molecule has 0 aliphatic carbocycles. The summed E-state index contributed by atoms with van der Waals surface area (Å²) in [6.45, 7) is 8.80. The fourth-order valence-electron chi connectivity index (χ4n) is 1.78. The summed E-state index contributed by atoms with van der Waals surface area (Å²) in [5.41, 5.74) is 0.958. The van der Waals surface area contributed by atoms with Gasteiger partial charge in [0.2, 0.25) is 5.89 Å². The summed E-state index contributed by atoms with van der Waals surface area (Å²) in [7, 11) is 0.